The largest absolute Gasteiger partial charge is 0.327 e. The second kappa shape index (κ2) is 7.82. The van der Waals surface area contributed by atoms with E-state index in [1.165, 1.54) is 18.4 Å². The molecule has 1 aromatic rings. The molecule has 1 fully saturated rings. The molecule has 0 saturated carbocycles. The first-order valence-corrected chi connectivity index (χ1v) is 8.65. The van der Waals surface area contributed by atoms with Crippen LogP contribution >= 0.6 is 23.2 Å². The van der Waals surface area contributed by atoms with E-state index < -0.39 is 0 Å². The first-order chi connectivity index (χ1) is 9.99. The van der Waals surface area contributed by atoms with Crippen molar-refractivity contribution in [1.29, 1.82) is 0 Å². The van der Waals surface area contributed by atoms with Gasteiger partial charge in [0.1, 0.15) is 0 Å². The van der Waals surface area contributed by atoms with Crippen LogP contribution in [0.2, 0.25) is 10.0 Å². The first-order valence-electron chi connectivity index (χ1n) is 7.89. The molecule has 0 bridgehead atoms. The molecule has 1 heterocycles. The SMILES string of the molecule is CC(C)C(N)C(Cc1ccc(Cl)c(Cl)c1)C1CCNCC1. The van der Waals surface area contributed by atoms with Crippen LogP contribution in [0.15, 0.2) is 18.2 Å². The van der Waals surface area contributed by atoms with E-state index in [2.05, 4.69) is 25.2 Å². The topological polar surface area (TPSA) is 38.0 Å². The quantitative estimate of drug-likeness (QED) is 0.852. The molecule has 4 heteroatoms. The Labute approximate surface area is 138 Å². The van der Waals surface area contributed by atoms with Gasteiger partial charge in [0, 0.05) is 6.04 Å². The minimum Gasteiger partial charge on any atom is -0.327 e. The van der Waals surface area contributed by atoms with E-state index in [4.69, 9.17) is 28.9 Å². The Hall–Kier alpha value is -0.280. The Balaban J connectivity index is 2.15. The van der Waals surface area contributed by atoms with E-state index in [0.717, 1.165) is 19.5 Å². The summed E-state index contributed by atoms with van der Waals surface area (Å²) in [6, 6.07) is 6.18. The highest BCUT2D eigenvalue weighted by atomic mass is 35.5. The van der Waals surface area contributed by atoms with Gasteiger partial charge >= 0.3 is 0 Å². The number of nitrogens with two attached hydrogens (primary N) is 1. The molecular weight excluding hydrogens is 303 g/mol. The van der Waals surface area contributed by atoms with Gasteiger partial charge in [-0.15, -0.1) is 0 Å². The lowest BCUT2D eigenvalue weighted by Gasteiger charge is -2.36. The van der Waals surface area contributed by atoms with E-state index in [0.29, 0.717) is 27.8 Å². The van der Waals surface area contributed by atoms with Crippen LogP contribution in [-0.2, 0) is 6.42 Å². The molecule has 0 amide bonds. The molecule has 0 spiro atoms. The van der Waals surface area contributed by atoms with Crippen LogP contribution in [0.4, 0.5) is 0 Å². The number of nitrogens with one attached hydrogen (secondary N) is 1. The van der Waals surface area contributed by atoms with Crippen molar-refractivity contribution in [3.63, 3.8) is 0 Å². The molecule has 2 nitrogen and oxygen atoms in total. The first kappa shape index (κ1) is 17.1. The van der Waals surface area contributed by atoms with E-state index in [1.807, 2.05) is 12.1 Å². The summed E-state index contributed by atoms with van der Waals surface area (Å²) in [4.78, 5) is 0. The van der Waals surface area contributed by atoms with Crippen molar-refractivity contribution in [2.75, 3.05) is 13.1 Å². The van der Waals surface area contributed by atoms with Crippen molar-refractivity contribution in [3.05, 3.63) is 33.8 Å². The van der Waals surface area contributed by atoms with Crippen LogP contribution in [0.25, 0.3) is 0 Å². The summed E-state index contributed by atoms with van der Waals surface area (Å²) in [7, 11) is 0. The van der Waals surface area contributed by atoms with Crippen LogP contribution in [0.1, 0.15) is 32.3 Å². The van der Waals surface area contributed by atoms with Crippen LogP contribution in [0.3, 0.4) is 0 Å². The molecule has 2 unspecified atom stereocenters. The Bertz CT molecular complexity index is 456. The van der Waals surface area contributed by atoms with Crippen LogP contribution in [0.5, 0.6) is 0 Å². The number of hydrogen-bond donors (Lipinski definition) is 2. The van der Waals surface area contributed by atoms with Crippen molar-refractivity contribution >= 4 is 23.2 Å². The van der Waals surface area contributed by atoms with Gasteiger partial charge in [-0.05, 0) is 67.8 Å². The normalized spacial score (nSPS) is 19.7. The van der Waals surface area contributed by atoms with E-state index >= 15 is 0 Å². The molecule has 1 aromatic carbocycles. The summed E-state index contributed by atoms with van der Waals surface area (Å²) in [6.07, 6.45) is 3.42. The van der Waals surface area contributed by atoms with Gasteiger partial charge in [0.25, 0.3) is 0 Å². The Morgan fingerprint density at radius 3 is 2.43 bits per heavy atom. The highest BCUT2D eigenvalue weighted by Gasteiger charge is 2.30. The maximum atomic E-state index is 6.53. The summed E-state index contributed by atoms with van der Waals surface area (Å²) in [5, 5.41) is 4.69. The van der Waals surface area contributed by atoms with E-state index in [9.17, 15) is 0 Å². The lowest BCUT2D eigenvalue weighted by molar-refractivity contribution is 0.196. The third-order valence-corrected chi connectivity index (χ3v) is 5.45. The predicted octanol–water partition coefficient (Wildman–Crippen LogP) is 4.14. The minimum atomic E-state index is 0.225. The summed E-state index contributed by atoms with van der Waals surface area (Å²) in [5.74, 6) is 1.69. The average Bonchev–Trinajstić information content (AvgIpc) is 2.48. The monoisotopic (exact) mass is 328 g/mol. The van der Waals surface area contributed by atoms with Gasteiger partial charge in [-0.3, -0.25) is 0 Å². The second-order valence-electron chi connectivity index (χ2n) is 6.53. The number of benzene rings is 1. The second-order valence-corrected chi connectivity index (χ2v) is 7.34. The Morgan fingerprint density at radius 1 is 1.19 bits per heavy atom. The fraction of sp³-hybridized carbons (Fsp3) is 0.647. The van der Waals surface area contributed by atoms with Crippen LogP contribution in [0, 0.1) is 17.8 Å². The van der Waals surface area contributed by atoms with Gasteiger partial charge in [-0.2, -0.15) is 0 Å². The van der Waals surface area contributed by atoms with E-state index in [-0.39, 0.29) is 6.04 Å². The molecule has 0 radical (unpaired) electrons. The van der Waals surface area contributed by atoms with Gasteiger partial charge in [-0.25, -0.2) is 0 Å². The molecule has 2 atom stereocenters. The summed E-state index contributed by atoms with van der Waals surface area (Å²) in [5.41, 5.74) is 7.77. The molecule has 0 aromatic heterocycles. The predicted molar refractivity (Wildman–Crippen MR) is 92.1 cm³/mol. The third-order valence-electron chi connectivity index (χ3n) is 4.71. The van der Waals surface area contributed by atoms with Crippen molar-refractivity contribution < 1.29 is 0 Å². The molecule has 0 aliphatic carbocycles. The minimum absolute atomic E-state index is 0.225. The Morgan fingerprint density at radius 2 is 1.86 bits per heavy atom. The number of piperidine rings is 1. The summed E-state index contributed by atoms with van der Waals surface area (Å²) >= 11 is 12.2. The fourth-order valence-corrected chi connectivity index (χ4v) is 3.64. The lowest BCUT2D eigenvalue weighted by Crippen LogP contribution is -2.43. The maximum absolute atomic E-state index is 6.53. The van der Waals surface area contributed by atoms with Crippen LogP contribution < -0.4 is 11.1 Å². The van der Waals surface area contributed by atoms with Crippen molar-refractivity contribution in [1.82, 2.24) is 5.32 Å². The summed E-state index contributed by atoms with van der Waals surface area (Å²) in [6.45, 7) is 6.64. The lowest BCUT2D eigenvalue weighted by atomic mass is 9.74. The number of rotatable bonds is 5. The fourth-order valence-electron chi connectivity index (χ4n) is 3.32. The smallest absolute Gasteiger partial charge is 0.0595 e. The highest BCUT2D eigenvalue weighted by molar-refractivity contribution is 6.42. The number of halogens is 2. The standard InChI is InChI=1S/C17H26Cl2N2/c1-11(2)17(20)14(13-5-7-21-8-6-13)9-12-3-4-15(18)16(19)10-12/h3-4,10-11,13-14,17,21H,5-9,20H2,1-2H3. The molecule has 21 heavy (non-hydrogen) atoms. The van der Waals surface area contributed by atoms with Gasteiger partial charge < -0.3 is 11.1 Å². The zero-order valence-corrected chi connectivity index (χ0v) is 14.4. The van der Waals surface area contributed by atoms with Crippen LogP contribution in [-0.4, -0.2) is 19.1 Å². The van der Waals surface area contributed by atoms with Crippen molar-refractivity contribution in [3.8, 4) is 0 Å². The third kappa shape index (κ3) is 4.59. The zero-order chi connectivity index (χ0) is 15.4. The maximum Gasteiger partial charge on any atom is 0.0595 e. The van der Waals surface area contributed by atoms with Crippen molar-refractivity contribution in [2.24, 2.45) is 23.5 Å². The van der Waals surface area contributed by atoms with Crippen molar-refractivity contribution in [2.45, 2.75) is 39.2 Å². The molecule has 2 rings (SSSR count). The summed E-state index contributed by atoms with van der Waals surface area (Å²) < 4.78 is 0. The molecular formula is C17H26Cl2N2. The average molecular weight is 329 g/mol. The highest BCUT2D eigenvalue weighted by Crippen LogP contribution is 2.32. The molecule has 1 aliphatic rings. The van der Waals surface area contributed by atoms with E-state index in [1.54, 1.807) is 0 Å². The van der Waals surface area contributed by atoms with Gasteiger partial charge in [-0.1, -0.05) is 43.1 Å². The number of hydrogen-bond acceptors (Lipinski definition) is 2. The Kier molecular flexibility index (Phi) is 6.36. The molecule has 118 valence electrons. The molecule has 3 N–H and O–H groups in total. The zero-order valence-electron chi connectivity index (χ0n) is 12.9. The molecule has 1 saturated heterocycles. The van der Waals surface area contributed by atoms with Gasteiger partial charge in [0.05, 0.1) is 10.0 Å². The van der Waals surface area contributed by atoms with Gasteiger partial charge in [0.15, 0.2) is 0 Å². The molecule has 1 aliphatic heterocycles. The van der Waals surface area contributed by atoms with Gasteiger partial charge in [0.2, 0.25) is 0 Å².